The molecule has 11 nitrogen and oxygen atoms in total. The molecule has 3 aromatic rings. The molecule has 0 aliphatic rings. The Bertz CT molecular complexity index is 1620. The minimum atomic E-state index is -4.24. The third kappa shape index (κ3) is 10.0. The van der Waals surface area contributed by atoms with E-state index in [1.54, 1.807) is 55.1 Å². The molecule has 0 saturated carbocycles. The maximum atomic E-state index is 13.2. The highest BCUT2D eigenvalue weighted by molar-refractivity contribution is 7.89. The van der Waals surface area contributed by atoms with E-state index < -0.39 is 44.7 Å². The van der Waals surface area contributed by atoms with Crippen LogP contribution in [-0.4, -0.2) is 55.5 Å². The summed E-state index contributed by atoms with van der Waals surface area (Å²) in [6.45, 7) is 9.17. The highest BCUT2D eigenvalue weighted by Crippen LogP contribution is 2.30. The quantitative estimate of drug-likeness (QED) is 0.0888. The molecule has 0 aliphatic heterocycles. The maximum absolute atomic E-state index is 13.2. The molecule has 0 saturated heterocycles. The van der Waals surface area contributed by atoms with Crippen LogP contribution in [0.15, 0.2) is 64.1 Å². The number of hydrogen-bond acceptors (Lipinski definition) is 10. The van der Waals surface area contributed by atoms with Gasteiger partial charge in [-0.2, -0.15) is 0 Å². The fraction of sp³-hybridized carbons (Fsp3) is 0.387. The lowest BCUT2D eigenvalue weighted by molar-refractivity contribution is -0.164. The first-order valence-electron chi connectivity index (χ1n) is 14.1. The molecule has 2 atom stereocenters. The number of Topliss-reactive ketones (excluding diaryl/α,β-unsaturated/α-hetero) is 1. The number of ketones is 1. The number of halogens is 2. The third-order valence-corrected chi connectivity index (χ3v) is 8.37. The Hall–Kier alpha value is -3.42. The van der Waals surface area contributed by atoms with E-state index in [2.05, 4.69) is 5.32 Å². The number of benzene rings is 2. The second-order valence-corrected chi connectivity index (χ2v) is 13.6. The largest absolute Gasteiger partial charge is 0.467 e. The molecule has 0 radical (unpaired) electrons. The van der Waals surface area contributed by atoms with Crippen molar-refractivity contribution in [1.82, 2.24) is 4.90 Å². The highest BCUT2D eigenvalue weighted by Gasteiger charge is 2.36. The predicted molar refractivity (Wildman–Crippen MR) is 171 cm³/mol. The molecule has 0 aliphatic carbocycles. The van der Waals surface area contributed by atoms with Gasteiger partial charge in [0.1, 0.15) is 10.7 Å². The van der Waals surface area contributed by atoms with Crippen molar-refractivity contribution in [2.75, 3.05) is 11.9 Å². The predicted octanol–water partition coefficient (Wildman–Crippen LogP) is 6.04. The van der Waals surface area contributed by atoms with Crippen molar-refractivity contribution in [3.63, 3.8) is 0 Å². The lowest BCUT2D eigenvalue weighted by Gasteiger charge is -2.42. The Morgan fingerprint density at radius 3 is 2.38 bits per heavy atom. The minimum Gasteiger partial charge on any atom is -0.467 e. The van der Waals surface area contributed by atoms with Crippen LogP contribution in [0, 0.1) is 0 Å². The fourth-order valence-electron chi connectivity index (χ4n) is 4.90. The Morgan fingerprint density at radius 1 is 1.07 bits per heavy atom. The van der Waals surface area contributed by atoms with Gasteiger partial charge in [-0.3, -0.25) is 14.5 Å². The summed E-state index contributed by atoms with van der Waals surface area (Å²) < 4.78 is 40.3. The first-order valence-corrected chi connectivity index (χ1v) is 16.4. The van der Waals surface area contributed by atoms with E-state index in [0.717, 1.165) is 6.07 Å². The third-order valence-electron chi connectivity index (χ3n) is 6.76. The first kappa shape index (κ1) is 36.1. The topological polar surface area (TPSA) is 158 Å². The van der Waals surface area contributed by atoms with Crippen molar-refractivity contribution < 1.29 is 36.7 Å². The van der Waals surface area contributed by atoms with Gasteiger partial charge in [0.05, 0.1) is 41.7 Å². The van der Waals surface area contributed by atoms with Gasteiger partial charge in [0.15, 0.2) is 12.0 Å². The molecular weight excluding hydrogens is 645 g/mol. The minimum absolute atomic E-state index is 0.0845. The molecule has 3 N–H and O–H groups in total. The number of esters is 2. The smallest absolute Gasteiger partial charge is 0.340 e. The van der Waals surface area contributed by atoms with Crippen LogP contribution in [0.25, 0.3) is 0 Å². The van der Waals surface area contributed by atoms with Gasteiger partial charge in [0, 0.05) is 22.5 Å². The van der Waals surface area contributed by atoms with Gasteiger partial charge in [-0.05, 0) is 77.4 Å². The number of ether oxygens (including phenoxy) is 2. The van der Waals surface area contributed by atoms with Crippen molar-refractivity contribution >= 4 is 56.6 Å². The molecule has 1 aromatic heterocycles. The van der Waals surface area contributed by atoms with Crippen LogP contribution >= 0.6 is 23.2 Å². The number of sulfonamides is 1. The Labute approximate surface area is 273 Å². The summed E-state index contributed by atoms with van der Waals surface area (Å²) in [7, 11) is -4.24. The number of hydrogen-bond donors (Lipinski definition) is 2. The van der Waals surface area contributed by atoms with Crippen molar-refractivity contribution in [2.45, 2.75) is 76.7 Å². The molecular formula is C31H37Cl2N3O8S. The van der Waals surface area contributed by atoms with Crippen LogP contribution < -0.4 is 10.5 Å². The van der Waals surface area contributed by atoms with E-state index in [1.807, 2.05) is 20.8 Å². The number of carbonyl (C=O) groups is 3. The fourth-order valence-corrected chi connectivity index (χ4v) is 6.19. The number of nitrogens with two attached hydrogens (primary N) is 1. The van der Waals surface area contributed by atoms with Gasteiger partial charge in [-0.1, -0.05) is 35.3 Å². The average molecular weight is 683 g/mol. The van der Waals surface area contributed by atoms with Gasteiger partial charge < -0.3 is 19.2 Å². The zero-order valence-corrected chi connectivity index (χ0v) is 28.0. The Kier molecular flexibility index (Phi) is 12.2. The van der Waals surface area contributed by atoms with Gasteiger partial charge in [-0.15, -0.1) is 0 Å². The number of rotatable bonds is 14. The highest BCUT2D eigenvalue weighted by atomic mass is 35.5. The van der Waals surface area contributed by atoms with Crippen molar-refractivity contribution in [3.8, 4) is 0 Å². The van der Waals surface area contributed by atoms with E-state index >= 15 is 0 Å². The number of anilines is 1. The lowest BCUT2D eigenvalue weighted by Crippen LogP contribution is -2.55. The van der Waals surface area contributed by atoms with Crippen molar-refractivity contribution in [2.24, 2.45) is 5.14 Å². The molecule has 0 fully saturated rings. The van der Waals surface area contributed by atoms with E-state index in [4.69, 9.17) is 42.2 Å². The Balaban J connectivity index is 1.62. The molecule has 244 valence electrons. The molecule has 2 aromatic carbocycles. The second-order valence-electron chi connectivity index (χ2n) is 11.3. The van der Waals surface area contributed by atoms with Gasteiger partial charge in [0.2, 0.25) is 10.0 Å². The summed E-state index contributed by atoms with van der Waals surface area (Å²) in [4.78, 5) is 40.3. The first-order chi connectivity index (χ1) is 21.0. The standard InChI is InChI=1S/C31H37Cl2N3O8S/c1-19(29(38)21-9-6-10-22(32)15-21)36(31(3,4)5)20(2)44-28(37)12-8-14-43-30(39)24-16-27(45(34,40)41)25(33)17-26(24)35-18-23-11-7-13-42-23/h6-7,9-11,13,15-17,19-20,35H,8,12,14,18H2,1-5H3,(H2,34,40,41). The van der Waals surface area contributed by atoms with Gasteiger partial charge in [-0.25, -0.2) is 18.4 Å². The lowest BCUT2D eigenvalue weighted by atomic mass is 9.97. The van der Waals surface area contributed by atoms with Crippen LogP contribution in [0.3, 0.4) is 0 Å². The van der Waals surface area contributed by atoms with Crippen LogP contribution in [-0.2, 0) is 30.8 Å². The molecule has 3 rings (SSSR count). The molecule has 0 spiro atoms. The van der Waals surface area contributed by atoms with E-state index in [9.17, 15) is 22.8 Å². The van der Waals surface area contributed by atoms with Gasteiger partial charge in [0.25, 0.3) is 0 Å². The number of furan rings is 1. The maximum Gasteiger partial charge on any atom is 0.340 e. The zero-order chi connectivity index (χ0) is 33.5. The molecule has 45 heavy (non-hydrogen) atoms. The zero-order valence-electron chi connectivity index (χ0n) is 25.6. The average Bonchev–Trinajstić information content (AvgIpc) is 3.46. The second kappa shape index (κ2) is 15.2. The van der Waals surface area contributed by atoms with Crippen LogP contribution in [0.1, 0.15) is 73.9 Å². The monoisotopic (exact) mass is 681 g/mol. The van der Waals surface area contributed by atoms with Crippen LogP contribution in [0.2, 0.25) is 10.0 Å². The van der Waals surface area contributed by atoms with E-state index in [1.165, 1.54) is 12.3 Å². The van der Waals surface area contributed by atoms with Crippen molar-refractivity contribution in [1.29, 1.82) is 0 Å². The van der Waals surface area contributed by atoms with Crippen molar-refractivity contribution in [3.05, 3.63) is 81.7 Å². The molecule has 1 heterocycles. The summed E-state index contributed by atoms with van der Waals surface area (Å²) in [5, 5.41) is 8.50. The SMILES string of the molecule is CC(OC(=O)CCCOC(=O)c1cc(S(N)(=O)=O)c(Cl)cc1NCc1ccco1)N(C(C)C(=O)c1cccc(Cl)c1)C(C)(C)C. The number of nitrogens with one attached hydrogen (secondary N) is 1. The molecule has 0 bridgehead atoms. The molecule has 14 heteroatoms. The number of nitrogens with zero attached hydrogens (tertiary/aromatic N) is 1. The number of carbonyl (C=O) groups excluding carboxylic acids is 3. The Morgan fingerprint density at radius 2 is 1.78 bits per heavy atom. The summed E-state index contributed by atoms with van der Waals surface area (Å²) in [5.74, 6) is -1.03. The summed E-state index contributed by atoms with van der Waals surface area (Å²) in [6, 6.07) is 11.7. The molecule has 0 amide bonds. The normalized spacial score (nSPS) is 13.3. The summed E-state index contributed by atoms with van der Waals surface area (Å²) >= 11 is 12.2. The van der Waals surface area contributed by atoms with E-state index in [0.29, 0.717) is 16.3 Å². The van der Waals surface area contributed by atoms with E-state index in [-0.39, 0.29) is 48.0 Å². The summed E-state index contributed by atoms with van der Waals surface area (Å²) in [6.07, 6.45) is 0.760. The number of primary sulfonamides is 1. The molecule has 2 unspecified atom stereocenters. The van der Waals surface area contributed by atoms with Crippen LogP contribution in [0.4, 0.5) is 5.69 Å². The van der Waals surface area contributed by atoms with Crippen LogP contribution in [0.5, 0.6) is 0 Å². The summed E-state index contributed by atoms with van der Waals surface area (Å²) in [5.41, 5.74) is -0.0168. The van der Waals surface area contributed by atoms with Gasteiger partial charge >= 0.3 is 11.9 Å².